The molecule has 1 amide bonds. The van der Waals surface area contributed by atoms with Crippen LogP contribution in [0.3, 0.4) is 0 Å². The molecule has 5 heteroatoms. The van der Waals surface area contributed by atoms with Gasteiger partial charge in [0.25, 0.3) is 0 Å². The standard InChI is InChI=1S/C13H18N2O3/c1-14-9-10(8-11(14)13(17)18)4-5-12(16)15-6-2-3-7-15/h8-9H,2-7H2,1H3,(H,17,18). The summed E-state index contributed by atoms with van der Waals surface area (Å²) >= 11 is 0. The van der Waals surface area contributed by atoms with Crippen LogP contribution in [0.2, 0.25) is 0 Å². The maximum atomic E-state index is 11.8. The van der Waals surface area contributed by atoms with E-state index in [1.807, 2.05) is 4.90 Å². The van der Waals surface area contributed by atoms with E-state index in [1.54, 1.807) is 23.9 Å². The third-order valence-electron chi connectivity index (χ3n) is 3.37. The molecule has 0 radical (unpaired) electrons. The summed E-state index contributed by atoms with van der Waals surface area (Å²) in [5.41, 5.74) is 1.17. The Kier molecular flexibility index (Phi) is 3.69. The number of carbonyl (C=O) groups excluding carboxylic acids is 1. The van der Waals surface area contributed by atoms with Gasteiger partial charge in [-0.2, -0.15) is 0 Å². The minimum absolute atomic E-state index is 0.174. The van der Waals surface area contributed by atoms with Crippen LogP contribution in [0.15, 0.2) is 12.3 Å². The van der Waals surface area contributed by atoms with Crippen LogP contribution in [-0.2, 0) is 18.3 Å². The van der Waals surface area contributed by atoms with E-state index in [-0.39, 0.29) is 11.6 Å². The molecule has 0 spiro atoms. The molecule has 18 heavy (non-hydrogen) atoms. The van der Waals surface area contributed by atoms with Crippen LogP contribution >= 0.6 is 0 Å². The fourth-order valence-corrected chi connectivity index (χ4v) is 2.36. The van der Waals surface area contributed by atoms with Gasteiger partial charge in [-0.25, -0.2) is 4.79 Å². The topological polar surface area (TPSA) is 62.5 Å². The number of hydrogen-bond donors (Lipinski definition) is 1. The second-order valence-corrected chi connectivity index (χ2v) is 4.74. The van der Waals surface area contributed by atoms with E-state index in [1.165, 1.54) is 0 Å². The quantitative estimate of drug-likeness (QED) is 0.875. The van der Waals surface area contributed by atoms with Crippen LogP contribution in [0, 0.1) is 0 Å². The highest BCUT2D eigenvalue weighted by molar-refractivity contribution is 5.86. The zero-order chi connectivity index (χ0) is 13.1. The zero-order valence-corrected chi connectivity index (χ0v) is 10.6. The fraction of sp³-hybridized carbons (Fsp3) is 0.538. The highest BCUT2D eigenvalue weighted by Gasteiger charge is 2.18. The van der Waals surface area contributed by atoms with E-state index < -0.39 is 5.97 Å². The Bertz CT molecular complexity index is 459. The zero-order valence-electron chi connectivity index (χ0n) is 10.6. The second-order valence-electron chi connectivity index (χ2n) is 4.74. The van der Waals surface area contributed by atoms with Gasteiger partial charge in [0, 0.05) is 32.8 Å². The summed E-state index contributed by atoms with van der Waals surface area (Å²) in [5.74, 6) is -0.761. The van der Waals surface area contributed by atoms with Crippen molar-refractivity contribution in [1.82, 2.24) is 9.47 Å². The molecular weight excluding hydrogens is 232 g/mol. The number of amides is 1. The molecule has 2 rings (SSSR count). The van der Waals surface area contributed by atoms with Gasteiger partial charge in [0.05, 0.1) is 0 Å². The van der Waals surface area contributed by atoms with Crippen LogP contribution in [-0.4, -0.2) is 39.5 Å². The lowest BCUT2D eigenvalue weighted by atomic mass is 10.1. The summed E-state index contributed by atoms with van der Waals surface area (Å²) in [5, 5.41) is 8.93. The first-order valence-corrected chi connectivity index (χ1v) is 6.24. The third-order valence-corrected chi connectivity index (χ3v) is 3.37. The highest BCUT2D eigenvalue weighted by Crippen LogP contribution is 2.13. The molecule has 0 aliphatic carbocycles. The summed E-state index contributed by atoms with van der Waals surface area (Å²) in [4.78, 5) is 24.6. The molecule has 1 saturated heterocycles. The van der Waals surface area contributed by atoms with E-state index in [0.29, 0.717) is 12.8 Å². The summed E-state index contributed by atoms with van der Waals surface area (Å²) in [6.07, 6.45) is 5.04. The maximum Gasteiger partial charge on any atom is 0.352 e. The lowest BCUT2D eigenvalue weighted by Crippen LogP contribution is -2.27. The van der Waals surface area contributed by atoms with E-state index in [0.717, 1.165) is 31.5 Å². The van der Waals surface area contributed by atoms with Crippen molar-refractivity contribution in [3.63, 3.8) is 0 Å². The molecule has 0 unspecified atom stereocenters. The Morgan fingerprint density at radius 3 is 2.56 bits per heavy atom. The summed E-state index contributed by atoms with van der Waals surface area (Å²) in [6.45, 7) is 1.74. The molecule has 1 aliphatic heterocycles. The Morgan fingerprint density at radius 2 is 2.00 bits per heavy atom. The number of carboxylic acids is 1. The summed E-state index contributed by atoms with van der Waals surface area (Å²) in [7, 11) is 1.70. The second kappa shape index (κ2) is 5.25. The number of aromatic carboxylic acids is 1. The number of carbonyl (C=O) groups is 2. The van der Waals surface area contributed by atoms with Gasteiger partial charge >= 0.3 is 5.97 Å². The molecule has 2 heterocycles. The highest BCUT2D eigenvalue weighted by atomic mass is 16.4. The van der Waals surface area contributed by atoms with Crippen molar-refractivity contribution in [2.75, 3.05) is 13.1 Å². The molecule has 1 aromatic heterocycles. The summed E-state index contributed by atoms with van der Waals surface area (Å²) in [6, 6.07) is 1.64. The van der Waals surface area contributed by atoms with Crippen molar-refractivity contribution in [3.05, 3.63) is 23.5 Å². The Morgan fingerprint density at radius 1 is 1.33 bits per heavy atom. The molecule has 0 atom stereocenters. The molecule has 5 nitrogen and oxygen atoms in total. The molecule has 1 aliphatic rings. The number of nitrogens with zero attached hydrogens (tertiary/aromatic N) is 2. The molecule has 1 aromatic rings. The molecule has 0 bridgehead atoms. The lowest BCUT2D eigenvalue weighted by Gasteiger charge is -2.14. The van der Waals surface area contributed by atoms with E-state index in [9.17, 15) is 9.59 Å². The predicted octanol–water partition coefficient (Wildman–Crippen LogP) is 1.28. The van der Waals surface area contributed by atoms with Crippen LogP contribution < -0.4 is 0 Å². The van der Waals surface area contributed by atoms with Crippen LogP contribution in [0.1, 0.15) is 35.3 Å². The van der Waals surface area contributed by atoms with Gasteiger partial charge < -0.3 is 14.6 Å². The third kappa shape index (κ3) is 2.72. The smallest absolute Gasteiger partial charge is 0.352 e. The van der Waals surface area contributed by atoms with E-state index in [4.69, 9.17) is 5.11 Å². The number of likely N-dealkylation sites (tertiary alicyclic amines) is 1. The van der Waals surface area contributed by atoms with Gasteiger partial charge in [-0.15, -0.1) is 0 Å². The number of aromatic nitrogens is 1. The van der Waals surface area contributed by atoms with Crippen molar-refractivity contribution in [3.8, 4) is 0 Å². The van der Waals surface area contributed by atoms with Crippen LogP contribution in [0.5, 0.6) is 0 Å². The van der Waals surface area contributed by atoms with Gasteiger partial charge in [-0.05, 0) is 30.9 Å². The van der Waals surface area contributed by atoms with Crippen molar-refractivity contribution < 1.29 is 14.7 Å². The first kappa shape index (κ1) is 12.7. The molecule has 0 aromatic carbocycles. The monoisotopic (exact) mass is 250 g/mol. The average molecular weight is 250 g/mol. The molecule has 0 saturated carbocycles. The van der Waals surface area contributed by atoms with E-state index >= 15 is 0 Å². The number of carboxylic acid groups (broad SMARTS) is 1. The largest absolute Gasteiger partial charge is 0.477 e. The Balaban J connectivity index is 1.91. The maximum absolute atomic E-state index is 11.8. The molecular formula is C13H18N2O3. The van der Waals surface area contributed by atoms with Gasteiger partial charge in [0.2, 0.25) is 5.91 Å². The predicted molar refractivity (Wildman–Crippen MR) is 66.5 cm³/mol. The number of hydrogen-bond acceptors (Lipinski definition) is 2. The number of rotatable bonds is 4. The number of aryl methyl sites for hydroxylation is 2. The first-order chi connectivity index (χ1) is 8.58. The Hall–Kier alpha value is -1.78. The van der Waals surface area contributed by atoms with Crippen molar-refractivity contribution in [2.45, 2.75) is 25.7 Å². The van der Waals surface area contributed by atoms with Crippen molar-refractivity contribution in [1.29, 1.82) is 0 Å². The van der Waals surface area contributed by atoms with Gasteiger partial charge in [0.1, 0.15) is 5.69 Å². The van der Waals surface area contributed by atoms with Gasteiger partial charge in [-0.1, -0.05) is 0 Å². The lowest BCUT2D eigenvalue weighted by molar-refractivity contribution is -0.130. The van der Waals surface area contributed by atoms with Crippen LogP contribution in [0.4, 0.5) is 0 Å². The van der Waals surface area contributed by atoms with Crippen molar-refractivity contribution in [2.24, 2.45) is 7.05 Å². The average Bonchev–Trinajstić information content (AvgIpc) is 2.94. The first-order valence-electron chi connectivity index (χ1n) is 6.24. The SMILES string of the molecule is Cn1cc(CCC(=O)N2CCCC2)cc1C(=O)O. The fourth-order valence-electron chi connectivity index (χ4n) is 2.36. The minimum Gasteiger partial charge on any atom is -0.477 e. The van der Waals surface area contributed by atoms with Crippen molar-refractivity contribution >= 4 is 11.9 Å². The minimum atomic E-state index is -0.936. The summed E-state index contributed by atoms with van der Waals surface area (Å²) < 4.78 is 1.58. The van der Waals surface area contributed by atoms with Gasteiger partial charge in [0.15, 0.2) is 0 Å². The van der Waals surface area contributed by atoms with E-state index in [2.05, 4.69) is 0 Å². The van der Waals surface area contributed by atoms with Crippen LogP contribution in [0.25, 0.3) is 0 Å². The molecule has 98 valence electrons. The Labute approximate surface area is 106 Å². The molecule has 1 N–H and O–H groups in total. The van der Waals surface area contributed by atoms with Gasteiger partial charge in [-0.3, -0.25) is 4.79 Å². The normalized spacial score (nSPS) is 15.1. The molecule has 1 fully saturated rings.